The Morgan fingerprint density at radius 2 is 2.00 bits per heavy atom. The smallest absolute Gasteiger partial charge is 0.258 e. The molecule has 22 heavy (non-hydrogen) atoms. The Labute approximate surface area is 135 Å². The summed E-state index contributed by atoms with van der Waals surface area (Å²) >= 11 is 6.04. The number of rotatable bonds is 5. The van der Waals surface area contributed by atoms with Crippen LogP contribution in [0.4, 0.5) is 11.6 Å². The van der Waals surface area contributed by atoms with Crippen molar-refractivity contribution in [3.63, 3.8) is 0 Å². The van der Waals surface area contributed by atoms with E-state index in [4.69, 9.17) is 11.6 Å². The van der Waals surface area contributed by atoms with E-state index in [1.165, 1.54) is 12.4 Å². The second-order valence-electron chi connectivity index (χ2n) is 5.17. The number of halogens is 1. The van der Waals surface area contributed by atoms with E-state index < -0.39 is 0 Å². The van der Waals surface area contributed by atoms with Gasteiger partial charge in [-0.25, -0.2) is 9.97 Å². The van der Waals surface area contributed by atoms with Gasteiger partial charge in [0.1, 0.15) is 0 Å². The summed E-state index contributed by atoms with van der Waals surface area (Å²) in [5.74, 6) is 0.249. The largest absolute Gasteiger partial charge is 0.352 e. The van der Waals surface area contributed by atoms with Gasteiger partial charge in [-0.3, -0.25) is 4.79 Å². The third kappa shape index (κ3) is 4.18. The summed E-state index contributed by atoms with van der Waals surface area (Å²) < 4.78 is 0. The summed E-state index contributed by atoms with van der Waals surface area (Å²) in [4.78, 5) is 20.4. The standard InChI is InChI=1S/C16H19ClN4O/c1-4-11(3)20-16-18-8-12(9-19-16)15(22)21-13-6-5-10(2)14(17)7-13/h5-9,11H,4H2,1-3H3,(H,21,22)(H,18,19,20). The van der Waals surface area contributed by atoms with Crippen molar-refractivity contribution in [2.24, 2.45) is 0 Å². The third-order valence-corrected chi connectivity index (χ3v) is 3.74. The molecular formula is C16H19ClN4O. The number of aryl methyl sites for hydroxylation is 1. The van der Waals surface area contributed by atoms with Gasteiger partial charge in [0.2, 0.25) is 5.95 Å². The van der Waals surface area contributed by atoms with Gasteiger partial charge in [-0.1, -0.05) is 24.6 Å². The molecule has 0 fully saturated rings. The summed E-state index contributed by atoms with van der Waals surface area (Å²) in [6, 6.07) is 5.66. The van der Waals surface area contributed by atoms with Gasteiger partial charge in [-0.2, -0.15) is 0 Å². The van der Waals surface area contributed by atoms with E-state index in [1.54, 1.807) is 12.1 Å². The van der Waals surface area contributed by atoms with Crippen LogP contribution < -0.4 is 10.6 Å². The van der Waals surface area contributed by atoms with Gasteiger partial charge in [-0.15, -0.1) is 0 Å². The monoisotopic (exact) mass is 318 g/mol. The van der Waals surface area contributed by atoms with Crippen LogP contribution in [0.15, 0.2) is 30.6 Å². The fourth-order valence-corrected chi connectivity index (χ4v) is 1.90. The molecule has 2 N–H and O–H groups in total. The van der Waals surface area contributed by atoms with E-state index in [1.807, 2.05) is 19.9 Å². The van der Waals surface area contributed by atoms with E-state index in [2.05, 4.69) is 27.5 Å². The molecule has 116 valence electrons. The third-order valence-electron chi connectivity index (χ3n) is 3.33. The molecule has 0 bridgehead atoms. The van der Waals surface area contributed by atoms with Crippen molar-refractivity contribution in [1.82, 2.24) is 9.97 Å². The van der Waals surface area contributed by atoms with Gasteiger partial charge < -0.3 is 10.6 Å². The molecule has 6 heteroatoms. The SMILES string of the molecule is CCC(C)Nc1ncc(C(=O)Nc2ccc(C)c(Cl)c2)cn1. The first-order chi connectivity index (χ1) is 10.5. The van der Waals surface area contributed by atoms with Crippen LogP contribution in [-0.2, 0) is 0 Å². The molecule has 2 rings (SSSR count). The zero-order valence-electron chi connectivity index (χ0n) is 12.9. The van der Waals surface area contributed by atoms with E-state index in [0.717, 1.165) is 12.0 Å². The number of amides is 1. The number of hydrogen-bond donors (Lipinski definition) is 2. The maximum atomic E-state index is 12.1. The molecule has 1 unspecified atom stereocenters. The van der Waals surface area contributed by atoms with Crippen LogP contribution in [0.1, 0.15) is 36.2 Å². The van der Waals surface area contributed by atoms with Crippen LogP contribution in [0.2, 0.25) is 5.02 Å². The zero-order valence-corrected chi connectivity index (χ0v) is 13.6. The van der Waals surface area contributed by atoms with Gasteiger partial charge in [0.05, 0.1) is 5.56 Å². The van der Waals surface area contributed by atoms with Gasteiger partial charge in [0, 0.05) is 29.1 Å². The summed E-state index contributed by atoms with van der Waals surface area (Å²) in [6.45, 7) is 6.03. The zero-order chi connectivity index (χ0) is 16.1. The lowest BCUT2D eigenvalue weighted by molar-refractivity contribution is 0.102. The molecule has 1 heterocycles. The topological polar surface area (TPSA) is 66.9 Å². The predicted octanol–water partition coefficient (Wildman–Crippen LogP) is 3.90. The molecule has 1 aromatic heterocycles. The van der Waals surface area contributed by atoms with Crippen molar-refractivity contribution in [1.29, 1.82) is 0 Å². The lowest BCUT2D eigenvalue weighted by Crippen LogP contribution is -2.17. The van der Waals surface area contributed by atoms with Gasteiger partial charge in [0.15, 0.2) is 0 Å². The number of benzene rings is 1. The molecule has 2 aromatic rings. The van der Waals surface area contributed by atoms with Crippen LogP contribution in [0.3, 0.4) is 0 Å². The Morgan fingerprint density at radius 1 is 1.32 bits per heavy atom. The number of nitrogens with zero attached hydrogens (tertiary/aromatic N) is 2. The minimum absolute atomic E-state index is 0.269. The van der Waals surface area contributed by atoms with Crippen LogP contribution in [-0.4, -0.2) is 21.9 Å². The van der Waals surface area contributed by atoms with Crippen molar-refractivity contribution in [3.8, 4) is 0 Å². The Bertz CT molecular complexity index is 658. The van der Waals surface area contributed by atoms with E-state index in [9.17, 15) is 4.79 Å². The van der Waals surface area contributed by atoms with Crippen LogP contribution in [0.25, 0.3) is 0 Å². The van der Waals surface area contributed by atoms with Crippen molar-refractivity contribution in [3.05, 3.63) is 46.7 Å². The summed E-state index contributed by atoms with van der Waals surface area (Å²) in [6.07, 6.45) is 3.98. The molecule has 5 nitrogen and oxygen atoms in total. The van der Waals surface area contributed by atoms with E-state index >= 15 is 0 Å². The van der Waals surface area contributed by atoms with E-state index in [0.29, 0.717) is 22.2 Å². The lowest BCUT2D eigenvalue weighted by atomic mass is 10.2. The van der Waals surface area contributed by atoms with Gasteiger partial charge >= 0.3 is 0 Å². The number of hydrogen-bond acceptors (Lipinski definition) is 4. The highest BCUT2D eigenvalue weighted by atomic mass is 35.5. The fraction of sp³-hybridized carbons (Fsp3) is 0.312. The average Bonchev–Trinajstić information content (AvgIpc) is 2.51. The molecule has 1 atom stereocenters. The predicted molar refractivity (Wildman–Crippen MR) is 89.5 cm³/mol. The highest BCUT2D eigenvalue weighted by Gasteiger charge is 2.09. The molecule has 0 spiro atoms. The Balaban J connectivity index is 2.04. The van der Waals surface area contributed by atoms with Crippen LogP contribution in [0, 0.1) is 6.92 Å². The molecule has 1 amide bonds. The fourth-order valence-electron chi connectivity index (χ4n) is 1.72. The molecular weight excluding hydrogens is 300 g/mol. The minimum atomic E-state index is -0.269. The summed E-state index contributed by atoms with van der Waals surface area (Å²) in [7, 11) is 0. The Kier molecular flexibility index (Phi) is 5.33. The molecule has 0 aliphatic rings. The quantitative estimate of drug-likeness (QED) is 0.877. The summed E-state index contributed by atoms with van der Waals surface area (Å²) in [5.41, 5.74) is 2.00. The number of aromatic nitrogens is 2. The van der Waals surface area contributed by atoms with Crippen LogP contribution in [0.5, 0.6) is 0 Å². The first kappa shape index (κ1) is 16.2. The van der Waals surface area contributed by atoms with Gasteiger partial charge in [0.25, 0.3) is 5.91 Å². The number of carbonyl (C=O) groups excluding carboxylic acids is 1. The van der Waals surface area contributed by atoms with Crippen molar-refractivity contribution in [2.75, 3.05) is 10.6 Å². The molecule has 0 aliphatic carbocycles. The first-order valence-electron chi connectivity index (χ1n) is 7.15. The van der Waals surface area contributed by atoms with Gasteiger partial charge in [-0.05, 0) is 38.0 Å². The average molecular weight is 319 g/mol. The van der Waals surface area contributed by atoms with E-state index in [-0.39, 0.29) is 11.9 Å². The van der Waals surface area contributed by atoms with Crippen LogP contribution >= 0.6 is 11.6 Å². The lowest BCUT2D eigenvalue weighted by Gasteiger charge is -2.11. The maximum absolute atomic E-state index is 12.1. The molecule has 1 aromatic carbocycles. The summed E-state index contributed by atoms with van der Waals surface area (Å²) in [5, 5.41) is 6.54. The van der Waals surface area contributed by atoms with Crippen molar-refractivity contribution in [2.45, 2.75) is 33.2 Å². The number of anilines is 2. The first-order valence-corrected chi connectivity index (χ1v) is 7.53. The Hall–Kier alpha value is -2.14. The van der Waals surface area contributed by atoms with Crippen molar-refractivity contribution < 1.29 is 4.79 Å². The highest BCUT2D eigenvalue weighted by Crippen LogP contribution is 2.20. The maximum Gasteiger partial charge on any atom is 0.258 e. The number of carbonyl (C=O) groups is 1. The van der Waals surface area contributed by atoms with Crippen molar-refractivity contribution >= 4 is 29.1 Å². The molecule has 0 saturated heterocycles. The Morgan fingerprint density at radius 3 is 2.59 bits per heavy atom. The highest BCUT2D eigenvalue weighted by molar-refractivity contribution is 6.31. The second-order valence-corrected chi connectivity index (χ2v) is 5.57. The minimum Gasteiger partial charge on any atom is -0.352 e. The second kappa shape index (κ2) is 7.22. The normalized spacial score (nSPS) is 11.8. The molecule has 0 aliphatic heterocycles. The molecule has 0 saturated carbocycles. The number of nitrogens with one attached hydrogen (secondary N) is 2. The molecule has 0 radical (unpaired) electrons.